The Morgan fingerprint density at radius 1 is 0.672 bits per heavy atom. The van der Waals surface area contributed by atoms with Gasteiger partial charge in [0.15, 0.2) is 17.4 Å². The number of aliphatic carboxylic acids is 1. The van der Waals surface area contributed by atoms with Gasteiger partial charge in [-0.25, -0.2) is 0 Å². The van der Waals surface area contributed by atoms with E-state index in [0.29, 0.717) is 19.3 Å². The Labute approximate surface area is 346 Å². The fourth-order valence-corrected chi connectivity index (χ4v) is 12.5. The van der Waals surface area contributed by atoms with Crippen LogP contribution in [0.2, 0.25) is 0 Å². The quantitative estimate of drug-likeness (QED) is 0.249. The van der Waals surface area contributed by atoms with Gasteiger partial charge in [0, 0.05) is 82.7 Å². The third-order valence-electron chi connectivity index (χ3n) is 16.3. The summed E-state index contributed by atoms with van der Waals surface area (Å²) in [6.45, 7) is 21.6. The van der Waals surface area contributed by atoms with E-state index in [4.69, 9.17) is 47.4 Å². The van der Waals surface area contributed by atoms with Crippen molar-refractivity contribution in [3.63, 3.8) is 0 Å². The number of aliphatic hydroxyl groups is 2. The van der Waals surface area contributed by atoms with E-state index in [9.17, 15) is 20.1 Å². The van der Waals surface area contributed by atoms with E-state index in [0.717, 1.165) is 12.8 Å². The van der Waals surface area contributed by atoms with E-state index in [1.807, 2.05) is 20.8 Å². The van der Waals surface area contributed by atoms with Crippen LogP contribution in [0, 0.1) is 47.3 Å². The summed E-state index contributed by atoms with van der Waals surface area (Å²) in [7, 11) is 6.70. The van der Waals surface area contributed by atoms with Crippen LogP contribution in [-0.4, -0.2) is 139 Å². The van der Waals surface area contributed by atoms with Crippen LogP contribution >= 0.6 is 0 Å². The molecule has 0 radical (unpaired) electrons. The first kappa shape index (κ1) is 46.5. The average molecular weight is 829 g/mol. The van der Waals surface area contributed by atoms with Crippen molar-refractivity contribution >= 4 is 5.97 Å². The lowest BCUT2D eigenvalue weighted by molar-refractivity contribution is -0.366. The fraction of sp³-hybridized carbons (Fsp3) is 0.977. The lowest BCUT2D eigenvalue weighted by Gasteiger charge is -2.55. The summed E-state index contributed by atoms with van der Waals surface area (Å²) in [5.41, 5.74) is -1.32. The van der Waals surface area contributed by atoms with Crippen molar-refractivity contribution in [1.29, 1.82) is 0 Å². The Hall–Kier alpha value is -1.01. The number of hydrogen-bond acceptors (Lipinski definition) is 13. The Morgan fingerprint density at radius 3 is 1.86 bits per heavy atom. The minimum Gasteiger partial charge on any atom is -0.481 e. The number of rotatable bonds is 11. The first-order chi connectivity index (χ1) is 27.0. The molecule has 1 unspecified atom stereocenters. The minimum atomic E-state index is -1.95. The standard InChI is InChI=1S/C44H76O14/c1-21-29(49-12)20-43(56-31(21)22(2)32-23(3)34(51-14)27(7)44(48,57-32)28(8)39(45)46)19-18-40(9,58-43)30-16-17-41(10,54-30)38-25(5)35(52-15)37(53-38)36-24(4)33(50-13)26(6)42(11,47)55-36/h21-38,47-48H,16-20H2,1-15H3,(H,45,46)/t21-,22-,23+,24+,25+,26-,27-,28-,29+,30-,31+,32-,33+,34+,35-,36+,37-,38-,40+,41+,42+,43?,44-/m1/s1. The van der Waals surface area contributed by atoms with Crippen molar-refractivity contribution in [2.45, 2.75) is 198 Å². The molecule has 0 amide bonds. The van der Waals surface area contributed by atoms with Gasteiger partial charge >= 0.3 is 5.97 Å². The van der Waals surface area contributed by atoms with E-state index >= 15 is 0 Å². The maximum Gasteiger partial charge on any atom is 0.311 e. The monoisotopic (exact) mass is 829 g/mol. The molecule has 6 aliphatic rings. The molecule has 6 aliphatic heterocycles. The number of methoxy groups -OCH3 is 4. The summed E-state index contributed by atoms with van der Waals surface area (Å²) in [6, 6.07) is 0. The molecule has 14 heteroatoms. The maximum atomic E-state index is 12.2. The SMILES string of the molecule is CO[C@@H]1[C@H](C)[C@H]([C@]2(C)CC[C@H]([C@]3(C)CCC4(C[C@H](OC)[C@@H](C)[C@@H]([C@@H](C)[C@H]5O[C@@](O)([C@H](C)C(=O)O)[C@H](C)[C@@H](OC)[C@H]5C)O4)O3)O2)O[C@H]1[C@H]1O[C@](C)(O)[C@H](C)[C@@H](OC)[C@@H]1C. The van der Waals surface area contributed by atoms with Gasteiger partial charge in [-0.15, -0.1) is 0 Å². The predicted molar refractivity (Wildman–Crippen MR) is 212 cm³/mol. The normalized spacial score (nSPS) is 54.8. The lowest BCUT2D eigenvalue weighted by atomic mass is 9.71. The van der Waals surface area contributed by atoms with Crippen molar-refractivity contribution < 1.29 is 67.5 Å². The van der Waals surface area contributed by atoms with Crippen LogP contribution in [0.5, 0.6) is 0 Å². The molecular weight excluding hydrogens is 752 g/mol. The zero-order valence-electron chi connectivity index (χ0n) is 37.8. The Bertz CT molecular complexity index is 1450. The molecule has 6 rings (SSSR count). The Kier molecular flexibility index (Phi) is 13.3. The molecule has 0 aromatic heterocycles. The molecule has 3 N–H and O–H groups in total. The molecule has 14 nitrogen and oxygen atoms in total. The predicted octanol–water partition coefficient (Wildman–Crippen LogP) is 5.17. The molecule has 0 aromatic rings. The highest BCUT2D eigenvalue weighted by atomic mass is 16.7. The molecule has 0 aromatic carbocycles. The van der Waals surface area contributed by atoms with Gasteiger partial charge in [-0.3, -0.25) is 4.79 Å². The minimum absolute atomic E-state index is 0.0300. The smallest absolute Gasteiger partial charge is 0.311 e. The topological polar surface area (TPSA) is 170 Å². The van der Waals surface area contributed by atoms with Crippen LogP contribution in [-0.2, 0) is 52.2 Å². The molecule has 58 heavy (non-hydrogen) atoms. The van der Waals surface area contributed by atoms with Crippen molar-refractivity contribution in [1.82, 2.24) is 0 Å². The highest BCUT2D eigenvalue weighted by Gasteiger charge is 2.64. The molecule has 336 valence electrons. The van der Waals surface area contributed by atoms with Gasteiger partial charge in [0.05, 0.1) is 66.1 Å². The molecule has 6 saturated heterocycles. The number of carbonyl (C=O) groups is 1. The van der Waals surface area contributed by atoms with Crippen molar-refractivity contribution in [2.75, 3.05) is 28.4 Å². The van der Waals surface area contributed by atoms with Crippen molar-refractivity contribution in [3.8, 4) is 0 Å². The summed E-state index contributed by atoms with van der Waals surface area (Å²) < 4.78 is 65.4. The van der Waals surface area contributed by atoms with Crippen molar-refractivity contribution in [3.05, 3.63) is 0 Å². The molecule has 0 aliphatic carbocycles. The second-order valence-corrected chi connectivity index (χ2v) is 19.9. The summed E-state index contributed by atoms with van der Waals surface area (Å²) in [5.74, 6) is -8.04. The number of carboxylic acids is 1. The van der Waals surface area contributed by atoms with Crippen molar-refractivity contribution in [2.24, 2.45) is 47.3 Å². The third kappa shape index (κ3) is 7.62. The van der Waals surface area contributed by atoms with Crippen LogP contribution in [0.4, 0.5) is 0 Å². The maximum absolute atomic E-state index is 12.2. The lowest BCUT2D eigenvalue weighted by Crippen LogP contribution is -2.65. The molecule has 0 bridgehead atoms. The van der Waals surface area contributed by atoms with Gasteiger partial charge in [0.2, 0.25) is 0 Å². The molecule has 0 saturated carbocycles. The molecule has 1 spiro atoms. The zero-order chi connectivity index (χ0) is 43.1. The summed E-state index contributed by atoms with van der Waals surface area (Å²) in [6.07, 6.45) is -0.175. The molecule has 6 fully saturated rings. The van der Waals surface area contributed by atoms with Gasteiger partial charge < -0.3 is 62.7 Å². The van der Waals surface area contributed by atoms with E-state index in [2.05, 4.69) is 34.6 Å². The Balaban J connectivity index is 1.19. The van der Waals surface area contributed by atoms with Crippen LogP contribution in [0.3, 0.4) is 0 Å². The average Bonchev–Trinajstić information content (AvgIpc) is 3.85. The summed E-state index contributed by atoms with van der Waals surface area (Å²) in [5, 5.41) is 33.1. The van der Waals surface area contributed by atoms with Crippen LogP contribution < -0.4 is 0 Å². The highest BCUT2D eigenvalue weighted by molar-refractivity contribution is 5.70. The fourth-order valence-electron chi connectivity index (χ4n) is 12.5. The molecule has 23 atom stereocenters. The number of hydrogen-bond donors (Lipinski definition) is 3. The zero-order valence-corrected chi connectivity index (χ0v) is 37.8. The van der Waals surface area contributed by atoms with Crippen LogP contribution in [0.25, 0.3) is 0 Å². The number of carboxylic acid groups (broad SMARTS) is 1. The van der Waals surface area contributed by atoms with E-state index in [-0.39, 0.29) is 66.0 Å². The molecular formula is C44H76O14. The largest absolute Gasteiger partial charge is 0.481 e. The molecule has 6 heterocycles. The second kappa shape index (κ2) is 16.6. The first-order valence-corrected chi connectivity index (χ1v) is 21.8. The van der Waals surface area contributed by atoms with Gasteiger partial charge in [0.25, 0.3) is 0 Å². The summed E-state index contributed by atoms with van der Waals surface area (Å²) in [4.78, 5) is 12.2. The van der Waals surface area contributed by atoms with Gasteiger partial charge in [-0.1, -0.05) is 48.5 Å². The first-order valence-electron chi connectivity index (χ1n) is 21.8. The van der Waals surface area contributed by atoms with E-state index in [1.165, 1.54) is 6.92 Å². The van der Waals surface area contributed by atoms with Crippen LogP contribution in [0.1, 0.15) is 108 Å². The number of ether oxygens (including phenoxy) is 10. The summed E-state index contributed by atoms with van der Waals surface area (Å²) >= 11 is 0. The van der Waals surface area contributed by atoms with E-state index < -0.39 is 76.9 Å². The van der Waals surface area contributed by atoms with E-state index in [1.54, 1.807) is 42.3 Å². The van der Waals surface area contributed by atoms with Crippen LogP contribution in [0.15, 0.2) is 0 Å². The van der Waals surface area contributed by atoms with Gasteiger partial charge in [-0.2, -0.15) is 0 Å². The highest BCUT2D eigenvalue weighted by Crippen LogP contribution is 2.55. The van der Waals surface area contributed by atoms with Gasteiger partial charge in [-0.05, 0) is 47.0 Å². The van der Waals surface area contributed by atoms with Gasteiger partial charge in [0.1, 0.15) is 12.0 Å². The second-order valence-electron chi connectivity index (χ2n) is 19.9. The Morgan fingerprint density at radius 2 is 1.28 bits per heavy atom. The third-order valence-corrected chi connectivity index (χ3v) is 16.3.